The molecule has 0 saturated carbocycles. The minimum absolute atomic E-state index is 0.147. The molecule has 0 spiro atoms. The van der Waals surface area contributed by atoms with Crippen molar-refractivity contribution in [3.63, 3.8) is 0 Å². The number of rotatable bonds is 1. The molecule has 0 aliphatic heterocycles. The van der Waals surface area contributed by atoms with Gasteiger partial charge in [0, 0.05) is 21.6 Å². The van der Waals surface area contributed by atoms with E-state index in [0.717, 1.165) is 0 Å². The summed E-state index contributed by atoms with van der Waals surface area (Å²) in [6, 6.07) is 47.5. The van der Waals surface area contributed by atoms with Gasteiger partial charge in [-0.15, -0.1) is 0 Å². The Morgan fingerprint density at radius 3 is 1.86 bits per heavy atom. The van der Waals surface area contributed by atoms with Gasteiger partial charge < -0.3 is 4.57 Å². The molecule has 10 rings (SSSR count). The maximum Gasteiger partial charge on any atom is 0.0594 e. The molecule has 0 bridgehead atoms. The molecule has 0 saturated heterocycles. The van der Waals surface area contributed by atoms with Gasteiger partial charge in [-0.3, -0.25) is 0 Å². The van der Waals surface area contributed by atoms with E-state index in [4.69, 9.17) is 0 Å². The van der Waals surface area contributed by atoms with Crippen LogP contribution in [0.4, 0.5) is 0 Å². The van der Waals surface area contributed by atoms with Crippen molar-refractivity contribution in [3.05, 3.63) is 139 Å². The second kappa shape index (κ2) is 7.57. The topological polar surface area (TPSA) is 4.93 Å². The fourth-order valence-corrected chi connectivity index (χ4v) is 8.43. The van der Waals surface area contributed by atoms with E-state index in [2.05, 4.69) is 146 Å². The van der Waals surface area contributed by atoms with Gasteiger partial charge >= 0.3 is 0 Å². The lowest BCUT2D eigenvalue weighted by atomic mass is 9.80. The maximum absolute atomic E-state index is 2.59. The van der Waals surface area contributed by atoms with E-state index in [-0.39, 0.29) is 5.41 Å². The molecule has 0 unspecified atom stereocenters. The van der Waals surface area contributed by atoms with Crippen LogP contribution in [0.2, 0.25) is 0 Å². The Morgan fingerprint density at radius 2 is 1.05 bits per heavy atom. The molecule has 0 N–H and O–H groups in total. The van der Waals surface area contributed by atoms with Crippen molar-refractivity contribution in [3.8, 4) is 39.1 Å². The molecule has 1 nitrogen and oxygen atoms in total. The van der Waals surface area contributed by atoms with Crippen molar-refractivity contribution in [2.24, 2.45) is 0 Å². The van der Waals surface area contributed by atoms with Crippen LogP contribution >= 0.6 is 0 Å². The zero-order valence-corrected chi connectivity index (χ0v) is 23.6. The average molecular weight is 534 g/mol. The molecule has 0 fully saturated rings. The van der Waals surface area contributed by atoms with E-state index in [1.54, 1.807) is 0 Å². The summed E-state index contributed by atoms with van der Waals surface area (Å²) in [6.45, 7) is 4.83. The van der Waals surface area contributed by atoms with E-state index in [9.17, 15) is 0 Å². The summed E-state index contributed by atoms with van der Waals surface area (Å²) in [6.07, 6.45) is 0. The summed E-state index contributed by atoms with van der Waals surface area (Å²) >= 11 is 0. The fraction of sp³-hybridized carbons (Fsp3) is 0.0732. The third-order valence-electron chi connectivity index (χ3n) is 10.1. The van der Waals surface area contributed by atoms with Crippen LogP contribution in [-0.4, -0.2) is 4.57 Å². The van der Waals surface area contributed by atoms with Gasteiger partial charge in [-0.25, -0.2) is 0 Å². The van der Waals surface area contributed by atoms with Crippen LogP contribution in [-0.2, 0) is 5.41 Å². The highest BCUT2D eigenvalue weighted by atomic mass is 15.0. The second-order valence-corrected chi connectivity index (χ2v) is 12.4. The van der Waals surface area contributed by atoms with Gasteiger partial charge in [0.25, 0.3) is 0 Å². The number of benzene rings is 7. The fourth-order valence-electron chi connectivity index (χ4n) is 8.43. The van der Waals surface area contributed by atoms with Crippen molar-refractivity contribution in [2.45, 2.75) is 19.3 Å². The van der Waals surface area contributed by atoms with E-state index in [1.807, 2.05) is 0 Å². The van der Waals surface area contributed by atoms with Crippen molar-refractivity contribution in [2.75, 3.05) is 0 Å². The van der Waals surface area contributed by atoms with Crippen LogP contribution in [0, 0.1) is 0 Å². The first-order valence-corrected chi connectivity index (χ1v) is 14.9. The predicted octanol–water partition coefficient (Wildman–Crippen LogP) is 11.0. The number of para-hydroxylation sites is 1. The third kappa shape index (κ3) is 2.52. The number of nitrogens with zero attached hydrogens (tertiary/aromatic N) is 1. The monoisotopic (exact) mass is 533 g/mol. The lowest BCUT2D eigenvalue weighted by molar-refractivity contribution is 0.664. The number of hydrogen-bond donors (Lipinski definition) is 0. The second-order valence-electron chi connectivity index (χ2n) is 12.4. The molecule has 2 aliphatic rings. The van der Waals surface area contributed by atoms with Crippen molar-refractivity contribution >= 4 is 43.4 Å². The van der Waals surface area contributed by atoms with Gasteiger partial charge in [0.15, 0.2) is 0 Å². The highest BCUT2D eigenvalue weighted by Crippen LogP contribution is 2.57. The Balaban J connectivity index is 1.46. The predicted molar refractivity (Wildman–Crippen MR) is 178 cm³/mol. The van der Waals surface area contributed by atoms with Gasteiger partial charge in [0.2, 0.25) is 0 Å². The van der Waals surface area contributed by atoms with E-state index >= 15 is 0 Å². The molecule has 1 aromatic heterocycles. The lowest BCUT2D eigenvalue weighted by Crippen LogP contribution is -2.16. The van der Waals surface area contributed by atoms with Crippen LogP contribution in [0.25, 0.3) is 82.4 Å². The summed E-state index contributed by atoms with van der Waals surface area (Å²) in [5.41, 5.74) is 14.6. The Bertz CT molecular complexity index is 2460. The molecular formula is C41H27N. The standard InChI is InChI=1S/C41H27N/c1-41(2)33-20-9-7-16-30(33)37-27-14-5-6-15-28(27)38-32-17-8-10-21-34(32)42(40(38)39(37)41)35-23-22-29-25-13-4-3-12-24(25)26-18-11-19-31(35)36(26)29/h3-23H,1-2H3. The zero-order valence-electron chi connectivity index (χ0n) is 23.6. The van der Waals surface area contributed by atoms with E-state index < -0.39 is 0 Å². The molecule has 0 amide bonds. The minimum Gasteiger partial charge on any atom is -0.308 e. The Kier molecular flexibility index (Phi) is 4.06. The molecule has 7 aromatic carbocycles. The van der Waals surface area contributed by atoms with Gasteiger partial charge in [0.1, 0.15) is 0 Å². The van der Waals surface area contributed by atoms with Crippen LogP contribution in [0.15, 0.2) is 127 Å². The van der Waals surface area contributed by atoms with Gasteiger partial charge in [-0.05, 0) is 72.8 Å². The zero-order chi connectivity index (χ0) is 27.7. The normalized spacial score (nSPS) is 14.1. The Hall–Kier alpha value is -5.14. The first kappa shape index (κ1) is 22.5. The van der Waals surface area contributed by atoms with Crippen molar-refractivity contribution in [1.82, 2.24) is 4.57 Å². The smallest absolute Gasteiger partial charge is 0.0594 e. The minimum atomic E-state index is -0.147. The quantitative estimate of drug-likeness (QED) is 0.198. The van der Waals surface area contributed by atoms with Crippen LogP contribution in [0.3, 0.4) is 0 Å². The molecule has 0 atom stereocenters. The first-order valence-electron chi connectivity index (χ1n) is 14.9. The SMILES string of the molecule is CC1(C)c2ccccc2-c2c1c1c(c3ccccc23)c2ccccc2n1-c1ccc2c3c(cccc13)-c1ccccc1-2. The van der Waals surface area contributed by atoms with Crippen molar-refractivity contribution < 1.29 is 0 Å². The number of hydrogen-bond acceptors (Lipinski definition) is 0. The molecule has 1 heterocycles. The summed E-state index contributed by atoms with van der Waals surface area (Å²) < 4.78 is 2.59. The van der Waals surface area contributed by atoms with E-state index in [1.165, 1.54) is 93.5 Å². The molecular weight excluding hydrogens is 506 g/mol. The summed E-state index contributed by atoms with van der Waals surface area (Å²) in [4.78, 5) is 0. The molecule has 0 radical (unpaired) electrons. The highest BCUT2D eigenvalue weighted by Gasteiger charge is 2.40. The molecule has 8 aromatic rings. The lowest BCUT2D eigenvalue weighted by Gasteiger charge is -2.25. The van der Waals surface area contributed by atoms with Gasteiger partial charge in [-0.1, -0.05) is 129 Å². The average Bonchev–Trinajstić information content (AvgIpc) is 3.63. The maximum atomic E-state index is 2.59. The van der Waals surface area contributed by atoms with Gasteiger partial charge in [-0.2, -0.15) is 0 Å². The van der Waals surface area contributed by atoms with Gasteiger partial charge in [0.05, 0.1) is 16.7 Å². The third-order valence-corrected chi connectivity index (χ3v) is 10.1. The highest BCUT2D eigenvalue weighted by molar-refractivity contribution is 6.27. The van der Waals surface area contributed by atoms with Crippen LogP contribution in [0.5, 0.6) is 0 Å². The largest absolute Gasteiger partial charge is 0.308 e. The Labute approximate surface area is 244 Å². The van der Waals surface area contributed by atoms with Crippen LogP contribution in [0.1, 0.15) is 25.0 Å². The van der Waals surface area contributed by atoms with Crippen molar-refractivity contribution in [1.29, 1.82) is 0 Å². The molecule has 42 heavy (non-hydrogen) atoms. The molecule has 2 aliphatic carbocycles. The Morgan fingerprint density at radius 1 is 0.452 bits per heavy atom. The molecule has 196 valence electrons. The number of fused-ring (bicyclic) bond motifs is 13. The van der Waals surface area contributed by atoms with Crippen LogP contribution < -0.4 is 0 Å². The summed E-state index contributed by atoms with van der Waals surface area (Å²) in [7, 11) is 0. The number of aromatic nitrogens is 1. The summed E-state index contributed by atoms with van der Waals surface area (Å²) in [5, 5.41) is 8.00. The molecule has 1 heteroatoms. The summed E-state index contributed by atoms with van der Waals surface area (Å²) in [5.74, 6) is 0. The first-order chi connectivity index (χ1) is 20.6. The van der Waals surface area contributed by atoms with E-state index in [0.29, 0.717) is 0 Å².